The van der Waals surface area contributed by atoms with Gasteiger partial charge in [0, 0.05) is 19.3 Å². The molecule has 0 spiro atoms. The Kier molecular flexibility index (Phi) is 39.1. The minimum Gasteiger partial charge on any atom is -0.544 e. The molecule has 2 atom stereocenters. The molecule has 8 heteroatoms. The van der Waals surface area contributed by atoms with Crippen LogP contribution in [-0.2, 0) is 28.6 Å². The van der Waals surface area contributed by atoms with E-state index in [1.807, 2.05) is 0 Å². The summed E-state index contributed by atoms with van der Waals surface area (Å²) in [5.41, 5.74) is 0. The molecule has 0 saturated heterocycles. The highest BCUT2D eigenvalue weighted by Gasteiger charge is 2.25. The van der Waals surface area contributed by atoms with Crippen molar-refractivity contribution in [2.45, 2.75) is 212 Å². The van der Waals surface area contributed by atoms with Gasteiger partial charge < -0.3 is 28.6 Å². The van der Waals surface area contributed by atoms with Crippen molar-refractivity contribution < 1.29 is 38.2 Å². The van der Waals surface area contributed by atoms with E-state index in [2.05, 4.69) is 62.5 Å². The van der Waals surface area contributed by atoms with E-state index in [0.717, 1.165) is 57.8 Å². The van der Waals surface area contributed by atoms with Gasteiger partial charge in [-0.2, -0.15) is 0 Å². The zero-order valence-corrected chi connectivity index (χ0v) is 38.2. The summed E-state index contributed by atoms with van der Waals surface area (Å²) in [6, 6.07) is -0.729. The molecule has 0 amide bonds. The van der Waals surface area contributed by atoms with E-state index in [4.69, 9.17) is 14.2 Å². The van der Waals surface area contributed by atoms with Crippen LogP contribution in [0.25, 0.3) is 0 Å². The molecule has 0 aliphatic rings. The average molecular weight is 816 g/mol. The molecule has 0 bridgehead atoms. The second-order valence-electron chi connectivity index (χ2n) is 17.0. The zero-order chi connectivity index (χ0) is 42.8. The number of rotatable bonds is 42. The van der Waals surface area contributed by atoms with Gasteiger partial charge in [-0.25, -0.2) is 0 Å². The summed E-state index contributed by atoms with van der Waals surface area (Å²) in [4.78, 5) is 36.9. The normalized spacial score (nSPS) is 13.3. The number of ether oxygens (including phenoxy) is 3. The monoisotopic (exact) mass is 816 g/mol. The fourth-order valence-corrected chi connectivity index (χ4v) is 6.83. The van der Waals surface area contributed by atoms with Crippen molar-refractivity contribution in [3.63, 3.8) is 0 Å². The van der Waals surface area contributed by atoms with Crippen LogP contribution in [0.1, 0.15) is 200 Å². The molecular weight excluding hydrogens is 727 g/mol. The van der Waals surface area contributed by atoms with Crippen LogP contribution in [0.2, 0.25) is 0 Å². The highest BCUT2D eigenvalue weighted by Crippen LogP contribution is 2.14. The number of carboxylic acids is 1. The summed E-state index contributed by atoms with van der Waals surface area (Å²) >= 11 is 0. The zero-order valence-electron chi connectivity index (χ0n) is 38.2. The Labute approximate surface area is 356 Å². The minimum absolute atomic E-state index is 0.0341. The SMILES string of the molecule is CC/C=C/C=C/C=C/CCCCCCCCCC(=O)OC(COCCC(C(=O)[O-])[N+](C)(C)C)COC(=O)CCCCCCCCC/C=C/CCCCCCCCCC. The maximum Gasteiger partial charge on any atom is 0.306 e. The van der Waals surface area contributed by atoms with Crippen molar-refractivity contribution in [3.05, 3.63) is 48.6 Å². The molecular formula is C50H89NO7. The molecule has 0 aromatic carbocycles. The predicted octanol–water partition coefficient (Wildman–Crippen LogP) is 11.9. The van der Waals surface area contributed by atoms with Crippen molar-refractivity contribution in [1.82, 2.24) is 0 Å². The molecule has 0 fully saturated rings. The molecule has 8 nitrogen and oxygen atoms in total. The number of hydrogen-bond donors (Lipinski definition) is 0. The highest BCUT2D eigenvalue weighted by atomic mass is 16.6. The van der Waals surface area contributed by atoms with Gasteiger partial charge in [0.2, 0.25) is 0 Å². The lowest BCUT2D eigenvalue weighted by molar-refractivity contribution is -0.889. The van der Waals surface area contributed by atoms with E-state index >= 15 is 0 Å². The fraction of sp³-hybridized carbons (Fsp3) is 0.780. The maximum atomic E-state index is 12.7. The van der Waals surface area contributed by atoms with Gasteiger partial charge in [0.05, 0.1) is 40.3 Å². The summed E-state index contributed by atoms with van der Waals surface area (Å²) in [5.74, 6) is -1.75. The first-order valence-corrected chi connectivity index (χ1v) is 23.7. The summed E-state index contributed by atoms with van der Waals surface area (Å²) in [6.45, 7) is 4.52. The maximum absolute atomic E-state index is 12.7. The van der Waals surface area contributed by atoms with Crippen LogP contribution in [-0.4, -0.2) is 75.5 Å². The lowest BCUT2D eigenvalue weighted by Gasteiger charge is -2.34. The van der Waals surface area contributed by atoms with Crippen molar-refractivity contribution in [2.75, 3.05) is 41.0 Å². The molecule has 2 unspecified atom stereocenters. The van der Waals surface area contributed by atoms with Gasteiger partial charge in [0.15, 0.2) is 6.10 Å². The quantitative estimate of drug-likeness (QED) is 0.0199. The van der Waals surface area contributed by atoms with Crippen LogP contribution in [0.4, 0.5) is 0 Å². The van der Waals surface area contributed by atoms with E-state index in [1.165, 1.54) is 109 Å². The molecule has 0 radical (unpaired) electrons. The second-order valence-corrected chi connectivity index (χ2v) is 17.0. The van der Waals surface area contributed by atoms with Gasteiger partial charge in [-0.15, -0.1) is 0 Å². The topological polar surface area (TPSA) is 102 Å². The summed E-state index contributed by atoms with van der Waals surface area (Å²) < 4.78 is 17.2. The van der Waals surface area contributed by atoms with Crippen LogP contribution in [0.15, 0.2) is 48.6 Å². The first kappa shape index (κ1) is 55.3. The Morgan fingerprint density at radius 1 is 0.534 bits per heavy atom. The van der Waals surface area contributed by atoms with Crippen LogP contribution >= 0.6 is 0 Å². The number of carbonyl (C=O) groups is 3. The number of esters is 2. The first-order chi connectivity index (χ1) is 28.1. The van der Waals surface area contributed by atoms with Gasteiger partial charge in [0.1, 0.15) is 12.6 Å². The Hall–Kier alpha value is -2.71. The number of aliphatic carboxylic acids is 1. The van der Waals surface area contributed by atoms with E-state index in [9.17, 15) is 19.5 Å². The molecule has 0 aliphatic heterocycles. The van der Waals surface area contributed by atoms with Crippen molar-refractivity contribution in [2.24, 2.45) is 0 Å². The molecule has 336 valence electrons. The number of carbonyl (C=O) groups excluding carboxylic acids is 3. The largest absolute Gasteiger partial charge is 0.544 e. The Bertz CT molecular complexity index is 1090. The Balaban J connectivity index is 4.29. The van der Waals surface area contributed by atoms with Gasteiger partial charge >= 0.3 is 11.9 Å². The number of unbranched alkanes of at least 4 members (excludes halogenated alkanes) is 22. The van der Waals surface area contributed by atoms with Crippen LogP contribution in [0.3, 0.4) is 0 Å². The average Bonchev–Trinajstić information content (AvgIpc) is 3.18. The Morgan fingerprint density at radius 2 is 0.983 bits per heavy atom. The number of carboxylic acid groups (broad SMARTS) is 1. The molecule has 0 aromatic heterocycles. The van der Waals surface area contributed by atoms with Crippen molar-refractivity contribution >= 4 is 17.9 Å². The third kappa shape index (κ3) is 38.8. The van der Waals surface area contributed by atoms with E-state index in [0.29, 0.717) is 12.8 Å². The first-order valence-electron chi connectivity index (χ1n) is 23.7. The molecule has 0 aliphatic carbocycles. The molecule has 0 rings (SSSR count). The molecule has 0 N–H and O–H groups in total. The number of nitrogens with zero attached hydrogens (tertiary/aromatic N) is 1. The van der Waals surface area contributed by atoms with Crippen molar-refractivity contribution in [1.29, 1.82) is 0 Å². The number of hydrogen-bond acceptors (Lipinski definition) is 7. The van der Waals surface area contributed by atoms with Crippen LogP contribution in [0, 0.1) is 0 Å². The van der Waals surface area contributed by atoms with E-state index in [-0.39, 0.29) is 42.7 Å². The summed E-state index contributed by atoms with van der Waals surface area (Å²) in [5, 5.41) is 11.6. The number of likely N-dealkylation sites (N-methyl/N-ethyl adjacent to an activating group) is 1. The van der Waals surface area contributed by atoms with E-state index < -0.39 is 18.1 Å². The second kappa shape index (κ2) is 41.0. The summed E-state index contributed by atoms with van der Waals surface area (Å²) in [7, 11) is 5.40. The lowest BCUT2D eigenvalue weighted by Crippen LogP contribution is -2.55. The van der Waals surface area contributed by atoms with Gasteiger partial charge in [-0.05, 0) is 57.8 Å². The predicted molar refractivity (Wildman–Crippen MR) is 240 cm³/mol. The van der Waals surface area contributed by atoms with Gasteiger partial charge in [0.25, 0.3) is 0 Å². The Morgan fingerprint density at radius 3 is 1.47 bits per heavy atom. The molecule has 0 aromatic rings. The summed E-state index contributed by atoms with van der Waals surface area (Å²) in [6.07, 6.45) is 48.5. The van der Waals surface area contributed by atoms with Gasteiger partial charge in [-0.1, -0.05) is 172 Å². The molecule has 58 heavy (non-hydrogen) atoms. The number of quaternary nitrogens is 1. The fourth-order valence-electron chi connectivity index (χ4n) is 6.83. The van der Waals surface area contributed by atoms with E-state index in [1.54, 1.807) is 21.1 Å². The highest BCUT2D eigenvalue weighted by molar-refractivity contribution is 5.70. The minimum atomic E-state index is -1.13. The van der Waals surface area contributed by atoms with Crippen molar-refractivity contribution in [3.8, 4) is 0 Å². The van der Waals surface area contributed by atoms with Crippen LogP contribution in [0.5, 0.6) is 0 Å². The number of allylic oxidation sites excluding steroid dienone is 8. The third-order valence-electron chi connectivity index (χ3n) is 10.5. The molecule has 0 heterocycles. The lowest BCUT2D eigenvalue weighted by atomic mass is 10.1. The third-order valence-corrected chi connectivity index (χ3v) is 10.5. The molecule has 0 saturated carbocycles. The van der Waals surface area contributed by atoms with Gasteiger partial charge in [-0.3, -0.25) is 9.59 Å². The van der Waals surface area contributed by atoms with Crippen LogP contribution < -0.4 is 5.11 Å². The smallest absolute Gasteiger partial charge is 0.306 e. The standard InChI is InChI=1S/C50H89NO7/c1-6-8-10-12-14-16-18-20-22-23-24-25-27-28-30-32-34-36-38-40-48(52)57-45-46(44-56-43-42-47(50(54)55)51(3,4)5)58-49(53)41-39-37-35-33-31-29-26-21-19-17-15-13-11-9-7-2/h9,11,13,15,17,19,23-24,46-47H,6-8,10,12,14,16,18,20-22,25-45H2,1-5H3/b11-9+,15-13+,19-17+,24-23+.